The first-order valence-electron chi connectivity index (χ1n) is 8.08. The highest BCUT2D eigenvalue weighted by Gasteiger charge is 2.18. The van der Waals surface area contributed by atoms with Gasteiger partial charge in [-0.15, -0.1) is 22.7 Å². The van der Waals surface area contributed by atoms with Crippen LogP contribution in [0.5, 0.6) is 0 Å². The van der Waals surface area contributed by atoms with E-state index in [0.29, 0.717) is 16.8 Å². The number of thiophene rings is 2. The van der Waals surface area contributed by atoms with Gasteiger partial charge < -0.3 is 10.6 Å². The van der Waals surface area contributed by atoms with E-state index in [1.807, 2.05) is 22.9 Å². The number of amides is 2. The zero-order chi connectivity index (χ0) is 18.7. The molecule has 0 fully saturated rings. The Hall–Kier alpha value is -2.52. The number of rotatable bonds is 6. The number of carbonyl (C=O) groups excluding carboxylic acids is 2. The molecule has 7 nitrogen and oxygen atoms in total. The maximum Gasteiger partial charge on any atom is 0.263 e. The van der Waals surface area contributed by atoms with E-state index >= 15 is 0 Å². The fourth-order valence-corrected chi connectivity index (χ4v) is 4.25. The van der Waals surface area contributed by atoms with Crippen LogP contribution in [0.15, 0.2) is 34.0 Å². The second kappa shape index (κ2) is 7.79. The van der Waals surface area contributed by atoms with E-state index in [1.54, 1.807) is 25.2 Å². The molecule has 1 atom stereocenters. The highest BCUT2D eigenvalue weighted by atomic mass is 32.1. The van der Waals surface area contributed by atoms with Gasteiger partial charge in [-0.05, 0) is 25.3 Å². The van der Waals surface area contributed by atoms with Crippen molar-refractivity contribution >= 4 is 44.7 Å². The summed E-state index contributed by atoms with van der Waals surface area (Å²) in [4.78, 5) is 42.7. The smallest absolute Gasteiger partial charge is 0.263 e. The Morgan fingerprint density at radius 3 is 2.85 bits per heavy atom. The molecule has 2 N–H and O–H groups in total. The maximum absolute atomic E-state index is 12.8. The molecule has 0 spiro atoms. The van der Waals surface area contributed by atoms with Crippen LogP contribution in [0, 0.1) is 0 Å². The summed E-state index contributed by atoms with van der Waals surface area (Å²) in [5.41, 5.74) is 0.573. The summed E-state index contributed by atoms with van der Waals surface area (Å²) in [6.45, 7) is 3.70. The van der Waals surface area contributed by atoms with Gasteiger partial charge in [0.2, 0.25) is 11.8 Å². The minimum absolute atomic E-state index is 0.189. The Labute approximate surface area is 157 Å². The molecule has 26 heavy (non-hydrogen) atoms. The molecule has 0 saturated carbocycles. The lowest BCUT2D eigenvalue weighted by atomic mass is 10.2. The average molecular weight is 390 g/mol. The van der Waals surface area contributed by atoms with Gasteiger partial charge in [0.15, 0.2) is 0 Å². The summed E-state index contributed by atoms with van der Waals surface area (Å²) in [5, 5.41) is 9.60. The summed E-state index contributed by atoms with van der Waals surface area (Å²) < 4.78 is 1.27. The highest BCUT2D eigenvalue weighted by Crippen LogP contribution is 2.33. The molecular weight excluding hydrogens is 372 g/mol. The van der Waals surface area contributed by atoms with Crippen LogP contribution >= 0.6 is 22.7 Å². The molecule has 0 aliphatic carbocycles. The van der Waals surface area contributed by atoms with Crippen LogP contribution in [0.2, 0.25) is 0 Å². The molecule has 1 unspecified atom stereocenters. The van der Waals surface area contributed by atoms with Crippen molar-refractivity contribution in [3.63, 3.8) is 0 Å². The third kappa shape index (κ3) is 3.68. The second-order valence-electron chi connectivity index (χ2n) is 5.67. The first-order valence-corrected chi connectivity index (χ1v) is 9.84. The van der Waals surface area contributed by atoms with Gasteiger partial charge in [-0.3, -0.25) is 19.0 Å². The van der Waals surface area contributed by atoms with Crippen molar-refractivity contribution in [1.29, 1.82) is 0 Å². The van der Waals surface area contributed by atoms with Gasteiger partial charge in [0.1, 0.15) is 17.4 Å². The molecule has 0 bridgehead atoms. The fourth-order valence-electron chi connectivity index (χ4n) is 2.53. The molecule has 3 aromatic rings. The highest BCUT2D eigenvalue weighted by molar-refractivity contribution is 7.18. The number of hydrogen-bond donors (Lipinski definition) is 2. The lowest BCUT2D eigenvalue weighted by molar-refractivity contribution is -0.128. The Balaban J connectivity index is 1.84. The largest absolute Gasteiger partial charge is 0.355 e. The molecule has 0 saturated heterocycles. The van der Waals surface area contributed by atoms with Gasteiger partial charge in [-0.1, -0.05) is 6.07 Å². The van der Waals surface area contributed by atoms with Crippen molar-refractivity contribution in [3.05, 3.63) is 39.6 Å². The van der Waals surface area contributed by atoms with E-state index in [1.165, 1.54) is 22.2 Å². The first kappa shape index (κ1) is 18.3. The van der Waals surface area contributed by atoms with E-state index in [4.69, 9.17) is 0 Å². The lowest BCUT2D eigenvalue weighted by Crippen LogP contribution is -2.46. The normalized spacial score (nSPS) is 12.1. The zero-order valence-corrected chi connectivity index (χ0v) is 15.9. The Kier molecular flexibility index (Phi) is 5.48. The molecule has 3 aromatic heterocycles. The predicted octanol–water partition coefficient (Wildman–Crippen LogP) is 1.83. The quantitative estimate of drug-likeness (QED) is 0.671. The van der Waals surface area contributed by atoms with E-state index in [0.717, 1.165) is 10.4 Å². The summed E-state index contributed by atoms with van der Waals surface area (Å²) >= 11 is 2.95. The molecule has 2 amide bonds. The summed E-state index contributed by atoms with van der Waals surface area (Å²) in [6.07, 6.45) is 1.37. The molecule has 136 valence electrons. The molecule has 0 radical (unpaired) electrons. The summed E-state index contributed by atoms with van der Waals surface area (Å²) in [7, 11) is 0. The van der Waals surface area contributed by atoms with E-state index < -0.39 is 11.9 Å². The molecule has 0 aliphatic heterocycles. The fraction of sp³-hybridized carbons (Fsp3) is 0.294. The van der Waals surface area contributed by atoms with Crippen molar-refractivity contribution < 1.29 is 9.59 Å². The standard InChI is InChI=1S/C17H18N4O3S2/c1-3-18-15(23)10(2)20-13(22)7-21-9-19-16-14(17(21)24)11(8-26-16)12-5-4-6-25-12/h4-6,8-10H,3,7H2,1-2H3,(H,18,23)(H,20,22). The number of nitrogens with zero attached hydrogens (tertiary/aromatic N) is 2. The van der Waals surface area contributed by atoms with Crippen molar-refractivity contribution in [1.82, 2.24) is 20.2 Å². The Morgan fingerprint density at radius 2 is 2.15 bits per heavy atom. The minimum Gasteiger partial charge on any atom is -0.355 e. The van der Waals surface area contributed by atoms with Crippen LogP contribution in [0.3, 0.4) is 0 Å². The van der Waals surface area contributed by atoms with Crippen molar-refractivity contribution in [2.75, 3.05) is 6.54 Å². The number of carbonyl (C=O) groups is 2. The van der Waals surface area contributed by atoms with Crippen molar-refractivity contribution in [2.45, 2.75) is 26.4 Å². The van der Waals surface area contributed by atoms with Crippen LogP contribution in [0.4, 0.5) is 0 Å². The van der Waals surface area contributed by atoms with E-state index in [9.17, 15) is 14.4 Å². The maximum atomic E-state index is 12.8. The van der Waals surface area contributed by atoms with Gasteiger partial charge in [0.05, 0.1) is 11.7 Å². The van der Waals surface area contributed by atoms with E-state index in [-0.39, 0.29) is 18.0 Å². The third-order valence-corrected chi connectivity index (χ3v) is 5.57. The van der Waals surface area contributed by atoms with Crippen LogP contribution < -0.4 is 16.2 Å². The predicted molar refractivity (Wildman–Crippen MR) is 103 cm³/mol. The molecule has 3 rings (SSSR count). The Bertz CT molecular complexity index is 991. The monoisotopic (exact) mass is 390 g/mol. The number of hydrogen-bond acceptors (Lipinski definition) is 6. The topological polar surface area (TPSA) is 93.1 Å². The number of aromatic nitrogens is 2. The summed E-state index contributed by atoms with van der Waals surface area (Å²) in [6, 6.07) is 3.20. The van der Waals surface area contributed by atoms with Crippen LogP contribution in [-0.4, -0.2) is 34.0 Å². The molecule has 3 heterocycles. The first-order chi connectivity index (χ1) is 12.5. The molecule has 0 aliphatic rings. The number of likely N-dealkylation sites (N-methyl/N-ethyl adjacent to an activating group) is 1. The third-order valence-electron chi connectivity index (χ3n) is 3.78. The molecule has 9 heteroatoms. The number of nitrogens with one attached hydrogen (secondary N) is 2. The molecule has 0 aromatic carbocycles. The van der Waals surface area contributed by atoms with Gasteiger partial charge in [0, 0.05) is 22.4 Å². The Morgan fingerprint density at radius 1 is 1.35 bits per heavy atom. The van der Waals surface area contributed by atoms with Gasteiger partial charge >= 0.3 is 0 Å². The van der Waals surface area contributed by atoms with Crippen LogP contribution in [-0.2, 0) is 16.1 Å². The summed E-state index contributed by atoms with van der Waals surface area (Å²) in [5.74, 6) is -0.681. The van der Waals surface area contributed by atoms with Gasteiger partial charge in [0.25, 0.3) is 5.56 Å². The lowest BCUT2D eigenvalue weighted by Gasteiger charge is -2.13. The zero-order valence-electron chi connectivity index (χ0n) is 14.3. The van der Waals surface area contributed by atoms with Gasteiger partial charge in [-0.25, -0.2) is 4.98 Å². The second-order valence-corrected chi connectivity index (χ2v) is 7.47. The number of fused-ring (bicyclic) bond motifs is 1. The van der Waals surface area contributed by atoms with E-state index in [2.05, 4.69) is 15.6 Å². The molecular formula is C17H18N4O3S2. The SMILES string of the molecule is CCNC(=O)C(C)NC(=O)Cn1cnc2scc(-c3cccs3)c2c1=O. The average Bonchev–Trinajstić information content (AvgIpc) is 3.26. The van der Waals surface area contributed by atoms with Crippen LogP contribution in [0.1, 0.15) is 13.8 Å². The van der Waals surface area contributed by atoms with Crippen molar-refractivity contribution in [2.24, 2.45) is 0 Å². The van der Waals surface area contributed by atoms with Crippen LogP contribution in [0.25, 0.3) is 20.7 Å². The minimum atomic E-state index is -0.669. The van der Waals surface area contributed by atoms with Crippen molar-refractivity contribution in [3.8, 4) is 10.4 Å². The van der Waals surface area contributed by atoms with Gasteiger partial charge in [-0.2, -0.15) is 0 Å².